The summed E-state index contributed by atoms with van der Waals surface area (Å²) in [6, 6.07) is 10.6. The molecule has 1 aliphatic rings. The van der Waals surface area contributed by atoms with E-state index in [4.69, 9.17) is 0 Å². The molecule has 3 heterocycles. The van der Waals surface area contributed by atoms with E-state index in [0.29, 0.717) is 0 Å². The van der Waals surface area contributed by atoms with Gasteiger partial charge in [-0.15, -0.1) is 11.3 Å². The molecule has 3 nitrogen and oxygen atoms in total. The first-order chi connectivity index (χ1) is 10.7. The van der Waals surface area contributed by atoms with Crippen LogP contribution in [0, 0.1) is 0 Å². The number of hydrogen-bond donors (Lipinski definition) is 1. The minimum absolute atomic E-state index is 0.160. The zero-order valence-electron chi connectivity index (χ0n) is 12.6. The number of aromatic amines is 1. The third kappa shape index (κ3) is 2.38. The van der Waals surface area contributed by atoms with Gasteiger partial charge in [-0.1, -0.05) is 18.2 Å². The second kappa shape index (κ2) is 5.38. The number of ketones is 1. The SMILES string of the molecule is CC(=O)c1cc(CN2CCc3c([nH]c4ccccc34)C2)cs1. The van der Waals surface area contributed by atoms with Gasteiger partial charge in [0.05, 0.1) is 4.88 Å². The molecule has 0 spiro atoms. The predicted molar refractivity (Wildman–Crippen MR) is 90.4 cm³/mol. The molecule has 0 saturated heterocycles. The number of rotatable bonds is 3. The summed E-state index contributed by atoms with van der Waals surface area (Å²) in [5.41, 5.74) is 5.30. The van der Waals surface area contributed by atoms with Crippen LogP contribution in [0.1, 0.15) is 33.4 Å². The molecule has 0 saturated carbocycles. The molecule has 0 atom stereocenters. The number of H-pyrrole nitrogens is 1. The molecular weight excluding hydrogens is 292 g/mol. The summed E-state index contributed by atoms with van der Waals surface area (Å²) in [4.78, 5) is 18.3. The molecule has 112 valence electrons. The van der Waals surface area contributed by atoms with Crippen LogP contribution in [-0.2, 0) is 19.5 Å². The first-order valence-electron chi connectivity index (χ1n) is 7.60. The van der Waals surface area contributed by atoms with Crippen LogP contribution < -0.4 is 0 Å². The van der Waals surface area contributed by atoms with Gasteiger partial charge in [-0.3, -0.25) is 9.69 Å². The molecule has 0 radical (unpaired) electrons. The molecule has 3 aromatic rings. The highest BCUT2D eigenvalue weighted by molar-refractivity contribution is 7.12. The van der Waals surface area contributed by atoms with Crippen LogP contribution in [-0.4, -0.2) is 22.2 Å². The molecule has 4 rings (SSSR count). The second-order valence-corrected chi connectivity index (χ2v) is 6.87. The summed E-state index contributed by atoms with van der Waals surface area (Å²) in [6.07, 6.45) is 1.09. The Hall–Kier alpha value is -1.91. The molecule has 0 aliphatic carbocycles. The first-order valence-corrected chi connectivity index (χ1v) is 8.48. The number of nitrogens with one attached hydrogen (secondary N) is 1. The van der Waals surface area contributed by atoms with Crippen molar-refractivity contribution in [2.45, 2.75) is 26.4 Å². The van der Waals surface area contributed by atoms with Crippen molar-refractivity contribution in [2.24, 2.45) is 0 Å². The first kappa shape index (κ1) is 13.7. The van der Waals surface area contributed by atoms with E-state index in [-0.39, 0.29) is 5.78 Å². The molecule has 0 amide bonds. The normalized spacial score (nSPS) is 15.1. The molecule has 22 heavy (non-hydrogen) atoms. The van der Waals surface area contributed by atoms with Gasteiger partial charge in [-0.2, -0.15) is 0 Å². The average Bonchev–Trinajstić information content (AvgIpc) is 3.11. The fraction of sp³-hybridized carbons (Fsp3) is 0.278. The molecule has 0 unspecified atom stereocenters. The number of benzene rings is 1. The second-order valence-electron chi connectivity index (χ2n) is 5.96. The summed E-state index contributed by atoms with van der Waals surface area (Å²) in [5.74, 6) is 0.160. The average molecular weight is 310 g/mol. The van der Waals surface area contributed by atoms with Crippen molar-refractivity contribution in [3.05, 3.63) is 57.4 Å². The van der Waals surface area contributed by atoms with E-state index in [2.05, 4.69) is 39.5 Å². The van der Waals surface area contributed by atoms with Gasteiger partial charge in [0.25, 0.3) is 0 Å². The smallest absolute Gasteiger partial charge is 0.169 e. The van der Waals surface area contributed by atoms with Gasteiger partial charge in [-0.05, 0) is 42.0 Å². The number of aromatic nitrogens is 1. The monoisotopic (exact) mass is 310 g/mol. The van der Waals surface area contributed by atoms with Crippen LogP contribution >= 0.6 is 11.3 Å². The molecular formula is C18H18N2OS. The Morgan fingerprint density at radius 3 is 3.05 bits per heavy atom. The number of fused-ring (bicyclic) bond motifs is 3. The Morgan fingerprint density at radius 2 is 2.23 bits per heavy atom. The maximum Gasteiger partial charge on any atom is 0.169 e. The van der Waals surface area contributed by atoms with Crippen molar-refractivity contribution in [1.82, 2.24) is 9.88 Å². The number of Topliss-reactive ketones (excluding diaryl/α,β-unsaturated/α-hetero) is 1. The molecule has 4 heteroatoms. The minimum atomic E-state index is 0.160. The third-order valence-corrected chi connectivity index (χ3v) is 5.45. The molecule has 1 aromatic carbocycles. The van der Waals surface area contributed by atoms with Gasteiger partial charge in [-0.25, -0.2) is 0 Å². The highest BCUT2D eigenvalue weighted by Crippen LogP contribution is 2.28. The molecule has 1 N–H and O–H groups in total. The van der Waals surface area contributed by atoms with E-state index in [1.54, 1.807) is 18.3 Å². The van der Waals surface area contributed by atoms with Crippen LogP contribution in [0.15, 0.2) is 35.7 Å². The van der Waals surface area contributed by atoms with E-state index in [9.17, 15) is 4.79 Å². The Balaban J connectivity index is 1.55. The molecule has 2 aromatic heterocycles. The third-order valence-electron chi connectivity index (χ3n) is 4.37. The minimum Gasteiger partial charge on any atom is -0.357 e. The largest absolute Gasteiger partial charge is 0.357 e. The van der Waals surface area contributed by atoms with Crippen molar-refractivity contribution < 1.29 is 4.79 Å². The number of hydrogen-bond acceptors (Lipinski definition) is 3. The topological polar surface area (TPSA) is 36.1 Å². The highest BCUT2D eigenvalue weighted by atomic mass is 32.1. The van der Waals surface area contributed by atoms with Crippen molar-refractivity contribution in [1.29, 1.82) is 0 Å². The van der Waals surface area contributed by atoms with E-state index in [1.807, 2.05) is 6.07 Å². The van der Waals surface area contributed by atoms with Crippen LogP contribution in [0.25, 0.3) is 10.9 Å². The quantitative estimate of drug-likeness (QED) is 0.743. The maximum absolute atomic E-state index is 11.4. The number of para-hydroxylation sites is 1. The van der Waals surface area contributed by atoms with Crippen molar-refractivity contribution in [3.8, 4) is 0 Å². The zero-order chi connectivity index (χ0) is 15.1. The van der Waals surface area contributed by atoms with E-state index < -0.39 is 0 Å². The molecule has 1 aliphatic heterocycles. The number of carbonyl (C=O) groups is 1. The van der Waals surface area contributed by atoms with Crippen LogP contribution in [0.3, 0.4) is 0 Å². The fourth-order valence-corrected chi connectivity index (χ4v) is 4.09. The lowest BCUT2D eigenvalue weighted by atomic mass is 10.0. The Bertz CT molecular complexity index is 846. The highest BCUT2D eigenvalue weighted by Gasteiger charge is 2.20. The maximum atomic E-state index is 11.4. The number of nitrogens with zero attached hydrogens (tertiary/aromatic N) is 1. The fourth-order valence-electron chi connectivity index (χ4n) is 3.29. The van der Waals surface area contributed by atoms with Gasteiger partial charge in [0.1, 0.15) is 0 Å². The lowest BCUT2D eigenvalue weighted by Gasteiger charge is -2.26. The van der Waals surface area contributed by atoms with Crippen molar-refractivity contribution in [3.63, 3.8) is 0 Å². The van der Waals surface area contributed by atoms with Crippen molar-refractivity contribution in [2.75, 3.05) is 6.54 Å². The number of carbonyl (C=O) groups excluding carboxylic acids is 1. The van der Waals surface area contributed by atoms with E-state index in [1.165, 1.54) is 27.7 Å². The van der Waals surface area contributed by atoms with E-state index >= 15 is 0 Å². The van der Waals surface area contributed by atoms with Gasteiger partial charge in [0.2, 0.25) is 0 Å². The predicted octanol–water partition coefficient (Wildman–Crippen LogP) is 3.99. The van der Waals surface area contributed by atoms with Crippen LogP contribution in [0.4, 0.5) is 0 Å². The summed E-state index contributed by atoms with van der Waals surface area (Å²) < 4.78 is 0. The van der Waals surface area contributed by atoms with E-state index in [0.717, 1.165) is 30.9 Å². The standard InChI is InChI=1S/C18H18N2OS/c1-12(21)18-8-13(11-22-18)9-20-7-6-15-14-4-2-3-5-16(14)19-17(15)10-20/h2-5,8,11,19H,6-7,9-10H2,1H3. The lowest BCUT2D eigenvalue weighted by molar-refractivity contribution is 0.102. The summed E-state index contributed by atoms with van der Waals surface area (Å²) in [5, 5.41) is 3.48. The zero-order valence-corrected chi connectivity index (χ0v) is 13.4. The van der Waals surface area contributed by atoms with Gasteiger partial charge in [0.15, 0.2) is 5.78 Å². The Morgan fingerprint density at radius 1 is 1.36 bits per heavy atom. The summed E-state index contributed by atoms with van der Waals surface area (Å²) in [7, 11) is 0. The van der Waals surface area contributed by atoms with Crippen molar-refractivity contribution >= 4 is 28.0 Å². The van der Waals surface area contributed by atoms with Gasteiger partial charge < -0.3 is 4.98 Å². The lowest BCUT2D eigenvalue weighted by Crippen LogP contribution is -2.29. The Labute approximate surface area is 133 Å². The molecule has 0 fully saturated rings. The Kier molecular flexibility index (Phi) is 3.36. The van der Waals surface area contributed by atoms with Gasteiger partial charge >= 0.3 is 0 Å². The van der Waals surface area contributed by atoms with Crippen LogP contribution in [0.2, 0.25) is 0 Å². The number of thiophene rings is 1. The molecule has 0 bridgehead atoms. The van der Waals surface area contributed by atoms with Crippen LogP contribution in [0.5, 0.6) is 0 Å². The summed E-state index contributed by atoms with van der Waals surface area (Å²) in [6.45, 7) is 4.57. The summed E-state index contributed by atoms with van der Waals surface area (Å²) >= 11 is 1.55. The van der Waals surface area contributed by atoms with Gasteiger partial charge in [0, 0.05) is 36.2 Å².